The van der Waals surface area contributed by atoms with E-state index in [1.807, 2.05) is 24.3 Å². The molecule has 3 heterocycles. The van der Waals surface area contributed by atoms with Crippen molar-refractivity contribution in [3.63, 3.8) is 0 Å². The summed E-state index contributed by atoms with van der Waals surface area (Å²) in [5.41, 5.74) is 3.60. The van der Waals surface area contributed by atoms with Crippen LogP contribution in [0.2, 0.25) is 5.02 Å². The number of furan rings is 1. The third kappa shape index (κ3) is 2.56. The fourth-order valence-electron chi connectivity index (χ4n) is 3.58. The maximum atomic E-state index is 6.14. The Morgan fingerprint density at radius 2 is 1.65 bits per heavy atom. The van der Waals surface area contributed by atoms with Gasteiger partial charge >= 0.3 is 0 Å². The van der Waals surface area contributed by atoms with Crippen molar-refractivity contribution in [3.8, 4) is 0 Å². The van der Waals surface area contributed by atoms with E-state index < -0.39 is 0 Å². The topological polar surface area (TPSA) is 45.4 Å². The molecule has 4 aromatic rings. The maximum Gasteiger partial charge on any atom is 0.196 e. The Bertz CT molecular complexity index is 1070. The van der Waals surface area contributed by atoms with E-state index in [2.05, 4.69) is 44.0 Å². The van der Waals surface area contributed by atoms with Crippen molar-refractivity contribution in [3.05, 3.63) is 59.9 Å². The van der Waals surface area contributed by atoms with E-state index in [-0.39, 0.29) is 0 Å². The van der Waals surface area contributed by atoms with Crippen LogP contribution in [0.15, 0.2) is 59.3 Å². The van der Waals surface area contributed by atoms with E-state index in [4.69, 9.17) is 16.0 Å². The number of halogens is 1. The first-order valence-electron chi connectivity index (χ1n) is 8.67. The van der Waals surface area contributed by atoms with E-state index in [9.17, 15) is 0 Å². The summed E-state index contributed by atoms with van der Waals surface area (Å²) < 4.78 is 6.06. The lowest BCUT2D eigenvalue weighted by atomic mass is 10.2. The van der Waals surface area contributed by atoms with Crippen molar-refractivity contribution in [1.82, 2.24) is 9.97 Å². The van der Waals surface area contributed by atoms with Gasteiger partial charge in [0.1, 0.15) is 17.4 Å². The van der Waals surface area contributed by atoms with Crippen LogP contribution < -0.4 is 9.80 Å². The number of rotatable bonds is 2. The lowest BCUT2D eigenvalue weighted by Crippen LogP contribution is -2.46. The molecule has 1 fully saturated rings. The van der Waals surface area contributed by atoms with Gasteiger partial charge in [-0.15, -0.1) is 0 Å². The molecular weight excluding hydrogens is 348 g/mol. The minimum Gasteiger partial charge on any atom is -0.450 e. The summed E-state index contributed by atoms with van der Waals surface area (Å²) in [6.45, 7) is 3.67. The number of benzene rings is 2. The number of nitrogens with zero attached hydrogens (tertiary/aromatic N) is 4. The molecule has 1 saturated heterocycles. The van der Waals surface area contributed by atoms with E-state index in [1.165, 1.54) is 5.69 Å². The lowest BCUT2D eigenvalue weighted by molar-refractivity contribution is 0.629. The van der Waals surface area contributed by atoms with Gasteiger partial charge in [-0.1, -0.05) is 29.8 Å². The fourth-order valence-corrected chi connectivity index (χ4v) is 3.75. The van der Waals surface area contributed by atoms with Gasteiger partial charge in [0.15, 0.2) is 11.4 Å². The highest BCUT2D eigenvalue weighted by atomic mass is 35.5. The molecule has 1 aliphatic heterocycles. The van der Waals surface area contributed by atoms with Gasteiger partial charge in [0.2, 0.25) is 0 Å². The smallest absolute Gasteiger partial charge is 0.196 e. The highest BCUT2D eigenvalue weighted by Gasteiger charge is 2.22. The van der Waals surface area contributed by atoms with Crippen LogP contribution in [-0.4, -0.2) is 36.1 Å². The van der Waals surface area contributed by atoms with Crippen molar-refractivity contribution >= 4 is 45.2 Å². The number of aromatic nitrogens is 2. The number of piperazine rings is 1. The molecule has 2 aromatic heterocycles. The van der Waals surface area contributed by atoms with Crippen LogP contribution in [0, 0.1) is 0 Å². The molecule has 0 N–H and O–H groups in total. The Hall–Kier alpha value is -2.79. The van der Waals surface area contributed by atoms with Crippen LogP contribution in [0.4, 0.5) is 11.5 Å². The third-order valence-corrected chi connectivity index (χ3v) is 5.13. The van der Waals surface area contributed by atoms with Gasteiger partial charge in [-0.3, -0.25) is 0 Å². The number of fused-ring (bicyclic) bond motifs is 3. The van der Waals surface area contributed by atoms with Gasteiger partial charge < -0.3 is 14.2 Å². The summed E-state index contributed by atoms with van der Waals surface area (Å²) in [5, 5.41) is 1.61. The summed E-state index contributed by atoms with van der Waals surface area (Å²) >= 11 is 6.14. The van der Waals surface area contributed by atoms with E-state index in [0.717, 1.165) is 54.1 Å². The Kier molecular flexibility index (Phi) is 3.68. The second-order valence-corrected chi connectivity index (χ2v) is 6.86. The Balaban J connectivity index is 1.47. The molecule has 6 heteroatoms. The van der Waals surface area contributed by atoms with Crippen LogP contribution in [0.25, 0.3) is 22.1 Å². The van der Waals surface area contributed by atoms with Crippen LogP contribution in [0.3, 0.4) is 0 Å². The summed E-state index contributed by atoms with van der Waals surface area (Å²) in [6, 6.07) is 16.1. The van der Waals surface area contributed by atoms with Crippen LogP contribution in [-0.2, 0) is 0 Å². The average Bonchev–Trinajstić information content (AvgIpc) is 3.07. The first-order chi connectivity index (χ1) is 12.8. The Morgan fingerprint density at radius 1 is 0.885 bits per heavy atom. The van der Waals surface area contributed by atoms with Gasteiger partial charge in [-0.2, -0.15) is 0 Å². The first kappa shape index (κ1) is 15.5. The normalized spacial score (nSPS) is 15.1. The van der Waals surface area contributed by atoms with E-state index in [0.29, 0.717) is 5.02 Å². The van der Waals surface area contributed by atoms with E-state index >= 15 is 0 Å². The molecule has 0 saturated carbocycles. The summed E-state index contributed by atoms with van der Waals surface area (Å²) in [5.74, 6) is 0.857. The first-order valence-corrected chi connectivity index (χ1v) is 9.05. The minimum atomic E-state index is 0.678. The predicted octanol–water partition coefficient (Wildman–Crippen LogP) is 4.36. The second kappa shape index (κ2) is 6.18. The maximum absolute atomic E-state index is 6.14. The molecule has 0 atom stereocenters. The zero-order valence-corrected chi connectivity index (χ0v) is 14.9. The molecule has 0 spiro atoms. The number of hydrogen-bond acceptors (Lipinski definition) is 5. The average molecular weight is 365 g/mol. The highest BCUT2D eigenvalue weighted by Crippen LogP contribution is 2.34. The molecule has 5 rings (SSSR count). The SMILES string of the molecule is Clc1ccc2oc3c(N4CCN(c5ccccc5)CC4)ncnc3c2c1. The monoisotopic (exact) mass is 364 g/mol. The quantitative estimate of drug-likeness (QED) is 0.529. The largest absolute Gasteiger partial charge is 0.450 e. The number of para-hydroxylation sites is 1. The molecule has 0 unspecified atom stereocenters. The molecule has 26 heavy (non-hydrogen) atoms. The fraction of sp³-hybridized carbons (Fsp3) is 0.200. The van der Waals surface area contributed by atoms with Gasteiger partial charge in [-0.25, -0.2) is 9.97 Å². The zero-order valence-electron chi connectivity index (χ0n) is 14.1. The molecule has 0 radical (unpaired) electrons. The Morgan fingerprint density at radius 3 is 2.46 bits per heavy atom. The highest BCUT2D eigenvalue weighted by molar-refractivity contribution is 6.31. The van der Waals surface area contributed by atoms with Crippen molar-refractivity contribution in [1.29, 1.82) is 0 Å². The number of anilines is 2. The molecule has 1 aliphatic rings. The van der Waals surface area contributed by atoms with Gasteiger partial charge in [0.05, 0.1) is 0 Å². The van der Waals surface area contributed by atoms with E-state index in [1.54, 1.807) is 6.33 Å². The van der Waals surface area contributed by atoms with Crippen molar-refractivity contribution in [2.75, 3.05) is 36.0 Å². The van der Waals surface area contributed by atoms with Gasteiger partial charge in [0.25, 0.3) is 0 Å². The van der Waals surface area contributed by atoms with Gasteiger partial charge in [-0.05, 0) is 30.3 Å². The minimum absolute atomic E-state index is 0.678. The summed E-state index contributed by atoms with van der Waals surface area (Å²) in [4.78, 5) is 13.6. The van der Waals surface area contributed by atoms with Crippen LogP contribution in [0.1, 0.15) is 0 Å². The molecule has 5 nitrogen and oxygen atoms in total. The van der Waals surface area contributed by atoms with Crippen molar-refractivity contribution < 1.29 is 4.42 Å². The molecule has 0 bridgehead atoms. The zero-order chi connectivity index (χ0) is 17.5. The molecule has 0 aliphatic carbocycles. The molecule has 130 valence electrons. The Labute approximate surface area is 155 Å². The lowest BCUT2D eigenvalue weighted by Gasteiger charge is -2.36. The summed E-state index contributed by atoms with van der Waals surface area (Å²) in [7, 11) is 0. The summed E-state index contributed by atoms with van der Waals surface area (Å²) in [6.07, 6.45) is 1.61. The standard InChI is InChI=1S/C20H17ClN4O/c21-14-6-7-17-16(12-14)18-19(26-17)20(23-13-22-18)25-10-8-24(9-11-25)15-4-2-1-3-5-15/h1-7,12-13H,8-11H2. The van der Waals surface area contributed by atoms with Crippen LogP contribution >= 0.6 is 11.6 Å². The third-order valence-electron chi connectivity index (χ3n) is 4.89. The second-order valence-electron chi connectivity index (χ2n) is 6.43. The van der Waals surface area contributed by atoms with Crippen molar-refractivity contribution in [2.45, 2.75) is 0 Å². The molecule has 0 amide bonds. The predicted molar refractivity (Wildman–Crippen MR) is 105 cm³/mol. The van der Waals surface area contributed by atoms with Gasteiger partial charge in [0, 0.05) is 42.3 Å². The number of hydrogen-bond donors (Lipinski definition) is 0. The van der Waals surface area contributed by atoms with Crippen molar-refractivity contribution in [2.24, 2.45) is 0 Å². The molecular formula is C20H17ClN4O. The molecule has 2 aromatic carbocycles. The van der Waals surface area contributed by atoms with Crippen LogP contribution in [0.5, 0.6) is 0 Å².